The number of rotatable bonds is 3. The van der Waals surface area contributed by atoms with Crippen molar-refractivity contribution in [3.63, 3.8) is 0 Å². The Bertz CT molecular complexity index is 566. The first-order valence-electron chi connectivity index (χ1n) is 6.17. The van der Waals surface area contributed by atoms with Crippen molar-refractivity contribution < 1.29 is 0 Å². The number of halogens is 1. The molecule has 0 aromatic heterocycles. The van der Waals surface area contributed by atoms with Crippen molar-refractivity contribution in [3.8, 4) is 0 Å². The highest BCUT2D eigenvalue weighted by Crippen LogP contribution is 2.28. The molecule has 0 aliphatic carbocycles. The zero-order valence-electron chi connectivity index (χ0n) is 10.0. The summed E-state index contributed by atoms with van der Waals surface area (Å²) >= 11 is 6.13. The van der Waals surface area contributed by atoms with Gasteiger partial charge in [-0.3, -0.25) is 0 Å². The number of hydrogen-bond donors (Lipinski definition) is 2. The number of nitrogens with one attached hydrogen (secondary N) is 2. The van der Waals surface area contributed by atoms with Crippen molar-refractivity contribution in [2.75, 3.05) is 17.2 Å². The van der Waals surface area contributed by atoms with Crippen molar-refractivity contribution >= 4 is 23.0 Å². The van der Waals surface area contributed by atoms with Crippen LogP contribution in [0.4, 0.5) is 11.4 Å². The molecule has 2 aromatic rings. The van der Waals surface area contributed by atoms with E-state index in [9.17, 15) is 0 Å². The van der Waals surface area contributed by atoms with Gasteiger partial charge in [0.1, 0.15) is 0 Å². The van der Waals surface area contributed by atoms with Crippen LogP contribution in [0, 0.1) is 0 Å². The lowest BCUT2D eigenvalue weighted by atomic mass is 10.1. The van der Waals surface area contributed by atoms with Crippen molar-refractivity contribution in [2.45, 2.75) is 13.0 Å². The lowest BCUT2D eigenvalue weighted by molar-refractivity contribution is 1.11. The molecule has 18 heavy (non-hydrogen) atoms. The molecule has 1 aliphatic rings. The Hall–Kier alpha value is -1.67. The molecule has 1 aliphatic heterocycles. The van der Waals surface area contributed by atoms with Crippen LogP contribution in [-0.2, 0) is 13.0 Å². The maximum absolute atomic E-state index is 6.13. The molecule has 0 saturated carbocycles. The normalized spacial score (nSPS) is 12.9. The van der Waals surface area contributed by atoms with Crippen LogP contribution in [0.5, 0.6) is 0 Å². The van der Waals surface area contributed by atoms with E-state index in [4.69, 9.17) is 11.6 Å². The number of benzene rings is 2. The summed E-state index contributed by atoms with van der Waals surface area (Å²) in [5.74, 6) is 0. The van der Waals surface area contributed by atoms with Crippen LogP contribution in [0.1, 0.15) is 11.1 Å². The van der Waals surface area contributed by atoms with E-state index >= 15 is 0 Å². The quantitative estimate of drug-likeness (QED) is 0.872. The third-order valence-corrected chi connectivity index (χ3v) is 3.61. The van der Waals surface area contributed by atoms with Gasteiger partial charge in [-0.05, 0) is 29.7 Å². The van der Waals surface area contributed by atoms with E-state index in [2.05, 4.69) is 28.8 Å². The SMILES string of the molecule is Clc1ccccc1NCc1cccc2c1NCC2. The summed E-state index contributed by atoms with van der Waals surface area (Å²) in [7, 11) is 0. The van der Waals surface area contributed by atoms with Crippen LogP contribution in [0.15, 0.2) is 42.5 Å². The topological polar surface area (TPSA) is 24.1 Å². The van der Waals surface area contributed by atoms with Gasteiger partial charge in [0.25, 0.3) is 0 Å². The molecule has 1 heterocycles. The lowest BCUT2D eigenvalue weighted by Crippen LogP contribution is -2.03. The predicted molar refractivity (Wildman–Crippen MR) is 77.4 cm³/mol. The fourth-order valence-corrected chi connectivity index (χ4v) is 2.56. The summed E-state index contributed by atoms with van der Waals surface area (Å²) in [4.78, 5) is 0. The number of fused-ring (bicyclic) bond motifs is 1. The minimum Gasteiger partial charge on any atom is -0.384 e. The Morgan fingerprint density at radius 1 is 1.11 bits per heavy atom. The summed E-state index contributed by atoms with van der Waals surface area (Å²) in [5, 5.41) is 7.60. The van der Waals surface area contributed by atoms with Gasteiger partial charge in [-0.15, -0.1) is 0 Å². The molecule has 0 radical (unpaired) electrons. The van der Waals surface area contributed by atoms with E-state index in [0.29, 0.717) is 0 Å². The number of hydrogen-bond acceptors (Lipinski definition) is 2. The maximum atomic E-state index is 6.13. The Labute approximate surface area is 112 Å². The van der Waals surface area contributed by atoms with Gasteiger partial charge in [0.2, 0.25) is 0 Å². The molecule has 2 nitrogen and oxygen atoms in total. The Morgan fingerprint density at radius 2 is 2.00 bits per heavy atom. The van der Waals surface area contributed by atoms with Gasteiger partial charge in [-0.2, -0.15) is 0 Å². The molecule has 0 fully saturated rings. The molecule has 2 aromatic carbocycles. The highest BCUT2D eigenvalue weighted by atomic mass is 35.5. The first kappa shape index (κ1) is 11.4. The summed E-state index contributed by atoms with van der Waals surface area (Å²) in [5.41, 5.74) is 4.98. The largest absolute Gasteiger partial charge is 0.384 e. The van der Waals surface area contributed by atoms with Crippen LogP contribution in [0.25, 0.3) is 0 Å². The molecule has 3 rings (SSSR count). The van der Waals surface area contributed by atoms with E-state index in [1.54, 1.807) is 0 Å². The fraction of sp³-hybridized carbons (Fsp3) is 0.200. The minimum atomic E-state index is 0.762. The van der Waals surface area contributed by atoms with Gasteiger partial charge in [0.15, 0.2) is 0 Å². The third kappa shape index (κ3) is 2.16. The molecule has 0 saturated heterocycles. The van der Waals surface area contributed by atoms with Crippen molar-refractivity contribution in [1.82, 2.24) is 0 Å². The van der Waals surface area contributed by atoms with Gasteiger partial charge >= 0.3 is 0 Å². The maximum Gasteiger partial charge on any atom is 0.0637 e. The average Bonchev–Trinajstić information content (AvgIpc) is 2.86. The predicted octanol–water partition coefficient (Wildman–Crippen LogP) is 3.92. The molecular formula is C15H15ClN2. The summed E-state index contributed by atoms with van der Waals surface area (Å²) < 4.78 is 0. The van der Waals surface area contributed by atoms with E-state index in [1.807, 2.05) is 24.3 Å². The van der Waals surface area contributed by atoms with E-state index in [0.717, 1.165) is 30.2 Å². The van der Waals surface area contributed by atoms with Crippen molar-refractivity contribution in [2.24, 2.45) is 0 Å². The summed E-state index contributed by atoms with van der Waals surface area (Å²) in [6.45, 7) is 1.83. The lowest BCUT2D eigenvalue weighted by Gasteiger charge is -2.12. The summed E-state index contributed by atoms with van der Waals surface area (Å²) in [6.07, 6.45) is 1.12. The Morgan fingerprint density at radius 3 is 2.89 bits per heavy atom. The van der Waals surface area contributed by atoms with Gasteiger partial charge in [-0.1, -0.05) is 41.9 Å². The van der Waals surface area contributed by atoms with Crippen molar-refractivity contribution in [3.05, 3.63) is 58.6 Å². The standard InChI is InChI=1S/C15H15ClN2/c16-13-6-1-2-7-14(13)18-10-12-5-3-4-11-8-9-17-15(11)12/h1-7,17-18H,8-10H2. The molecule has 92 valence electrons. The molecular weight excluding hydrogens is 244 g/mol. The molecule has 2 N–H and O–H groups in total. The Kier molecular flexibility index (Phi) is 3.11. The number of para-hydroxylation sites is 2. The van der Waals surface area contributed by atoms with Gasteiger partial charge < -0.3 is 10.6 Å². The van der Waals surface area contributed by atoms with Crippen LogP contribution in [0.3, 0.4) is 0 Å². The first-order valence-corrected chi connectivity index (χ1v) is 6.55. The molecule has 3 heteroatoms. The second kappa shape index (κ2) is 4.91. The average molecular weight is 259 g/mol. The second-order valence-corrected chi connectivity index (χ2v) is 4.87. The van der Waals surface area contributed by atoms with Crippen LogP contribution >= 0.6 is 11.6 Å². The van der Waals surface area contributed by atoms with E-state index in [-0.39, 0.29) is 0 Å². The van der Waals surface area contributed by atoms with Crippen LogP contribution in [0.2, 0.25) is 5.02 Å². The van der Waals surface area contributed by atoms with Gasteiger partial charge in [-0.25, -0.2) is 0 Å². The number of anilines is 2. The zero-order chi connectivity index (χ0) is 12.4. The minimum absolute atomic E-state index is 0.762. The monoisotopic (exact) mass is 258 g/mol. The van der Waals surface area contributed by atoms with Crippen molar-refractivity contribution in [1.29, 1.82) is 0 Å². The fourth-order valence-electron chi connectivity index (χ4n) is 2.35. The Balaban J connectivity index is 1.78. The van der Waals surface area contributed by atoms with E-state index in [1.165, 1.54) is 16.8 Å². The molecule has 0 amide bonds. The zero-order valence-corrected chi connectivity index (χ0v) is 10.8. The highest BCUT2D eigenvalue weighted by molar-refractivity contribution is 6.33. The third-order valence-electron chi connectivity index (χ3n) is 3.28. The molecule has 0 unspecified atom stereocenters. The smallest absolute Gasteiger partial charge is 0.0637 e. The molecule has 0 atom stereocenters. The van der Waals surface area contributed by atoms with Crippen LogP contribution < -0.4 is 10.6 Å². The van der Waals surface area contributed by atoms with E-state index < -0.39 is 0 Å². The molecule has 0 spiro atoms. The van der Waals surface area contributed by atoms with Crippen LogP contribution in [-0.4, -0.2) is 6.54 Å². The first-order chi connectivity index (χ1) is 8.84. The molecule has 0 bridgehead atoms. The van der Waals surface area contributed by atoms with Gasteiger partial charge in [0, 0.05) is 18.8 Å². The summed E-state index contributed by atoms with van der Waals surface area (Å²) in [6, 6.07) is 14.3. The second-order valence-electron chi connectivity index (χ2n) is 4.46. The highest BCUT2D eigenvalue weighted by Gasteiger charge is 2.13. The van der Waals surface area contributed by atoms with Gasteiger partial charge in [0.05, 0.1) is 10.7 Å².